The maximum Gasteiger partial charge on any atom is 0.238 e. The van der Waals surface area contributed by atoms with Crippen molar-refractivity contribution in [3.8, 4) is 0 Å². The monoisotopic (exact) mass is 282 g/mol. The Morgan fingerprint density at radius 1 is 1.47 bits per heavy atom. The first-order valence-corrected chi connectivity index (χ1v) is 6.89. The standard InChI is InChI=1S/C14H19ClN2O2/c1-10-2-3-13(12(15)8-10)16-14(19)9-17-6-4-11(18)5-7-17/h2-3,8,11,18H,4-7,9H2,1H3,(H,16,19). The molecule has 5 heteroatoms. The van der Waals surface area contributed by atoms with Crippen LogP contribution in [-0.2, 0) is 4.79 Å². The van der Waals surface area contributed by atoms with Gasteiger partial charge < -0.3 is 10.4 Å². The number of amides is 1. The molecule has 0 spiro atoms. The van der Waals surface area contributed by atoms with Crippen LogP contribution in [0.1, 0.15) is 18.4 Å². The number of aliphatic hydroxyl groups excluding tert-OH is 1. The summed E-state index contributed by atoms with van der Waals surface area (Å²) in [6.45, 7) is 3.82. The third kappa shape index (κ3) is 4.20. The van der Waals surface area contributed by atoms with Crippen molar-refractivity contribution in [2.45, 2.75) is 25.9 Å². The Bertz CT molecular complexity index is 457. The summed E-state index contributed by atoms with van der Waals surface area (Å²) in [5, 5.41) is 12.8. The van der Waals surface area contributed by atoms with E-state index in [1.54, 1.807) is 0 Å². The predicted molar refractivity (Wildman–Crippen MR) is 76.5 cm³/mol. The fourth-order valence-electron chi connectivity index (χ4n) is 2.19. The van der Waals surface area contributed by atoms with Gasteiger partial charge in [-0.3, -0.25) is 9.69 Å². The minimum Gasteiger partial charge on any atom is -0.393 e. The molecule has 1 aliphatic rings. The van der Waals surface area contributed by atoms with Gasteiger partial charge in [-0.2, -0.15) is 0 Å². The summed E-state index contributed by atoms with van der Waals surface area (Å²) in [6, 6.07) is 5.56. The van der Waals surface area contributed by atoms with Crippen molar-refractivity contribution in [1.82, 2.24) is 4.90 Å². The third-order valence-electron chi connectivity index (χ3n) is 3.32. The normalized spacial score (nSPS) is 17.4. The zero-order valence-electron chi connectivity index (χ0n) is 11.0. The fraction of sp³-hybridized carbons (Fsp3) is 0.500. The number of hydrogen-bond donors (Lipinski definition) is 2. The molecule has 0 bridgehead atoms. The maximum absolute atomic E-state index is 11.9. The molecule has 1 heterocycles. The molecule has 0 saturated carbocycles. The van der Waals surface area contributed by atoms with Gasteiger partial charge in [0.1, 0.15) is 0 Å². The van der Waals surface area contributed by atoms with Crippen LogP contribution in [0.3, 0.4) is 0 Å². The number of benzene rings is 1. The number of anilines is 1. The van der Waals surface area contributed by atoms with Crippen molar-refractivity contribution >= 4 is 23.2 Å². The first kappa shape index (κ1) is 14.3. The zero-order chi connectivity index (χ0) is 13.8. The van der Waals surface area contributed by atoms with Crippen LogP contribution in [0.5, 0.6) is 0 Å². The Morgan fingerprint density at radius 3 is 2.79 bits per heavy atom. The maximum atomic E-state index is 11.9. The average Bonchev–Trinajstić information content (AvgIpc) is 2.36. The molecule has 104 valence electrons. The average molecular weight is 283 g/mol. The van der Waals surface area contributed by atoms with Crippen LogP contribution >= 0.6 is 11.6 Å². The van der Waals surface area contributed by atoms with Gasteiger partial charge in [-0.25, -0.2) is 0 Å². The van der Waals surface area contributed by atoms with Crippen LogP contribution in [0.4, 0.5) is 5.69 Å². The van der Waals surface area contributed by atoms with Gasteiger partial charge >= 0.3 is 0 Å². The Morgan fingerprint density at radius 2 is 2.16 bits per heavy atom. The summed E-state index contributed by atoms with van der Waals surface area (Å²) in [4.78, 5) is 14.0. The lowest BCUT2D eigenvalue weighted by Gasteiger charge is -2.28. The molecule has 1 aromatic carbocycles. The highest BCUT2D eigenvalue weighted by Crippen LogP contribution is 2.22. The van der Waals surface area contributed by atoms with E-state index in [2.05, 4.69) is 5.32 Å². The van der Waals surface area contributed by atoms with Gasteiger partial charge in [0, 0.05) is 13.1 Å². The van der Waals surface area contributed by atoms with E-state index in [1.807, 2.05) is 30.0 Å². The van der Waals surface area contributed by atoms with Crippen molar-refractivity contribution in [3.63, 3.8) is 0 Å². The van der Waals surface area contributed by atoms with Crippen LogP contribution < -0.4 is 5.32 Å². The van der Waals surface area contributed by atoms with E-state index >= 15 is 0 Å². The van der Waals surface area contributed by atoms with Crippen LogP contribution in [0.25, 0.3) is 0 Å². The molecule has 1 amide bonds. The molecule has 0 aromatic heterocycles. The Balaban J connectivity index is 1.87. The second-order valence-corrected chi connectivity index (χ2v) is 5.45. The van der Waals surface area contributed by atoms with Crippen molar-refractivity contribution in [2.75, 3.05) is 25.0 Å². The fourth-order valence-corrected chi connectivity index (χ4v) is 2.47. The molecule has 0 atom stereocenters. The molecule has 1 fully saturated rings. The summed E-state index contributed by atoms with van der Waals surface area (Å²) in [5.41, 5.74) is 1.71. The quantitative estimate of drug-likeness (QED) is 0.892. The molecule has 4 nitrogen and oxygen atoms in total. The number of hydrogen-bond acceptors (Lipinski definition) is 3. The summed E-state index contributed by atoms with van der Waals surface area (Å²) in [6.07, 6.45) is 1.25. The zero-order valence-corrected chi connectivity index (χ0v) is 11.8. The number of nitrogens with zero attached hydrogens (tertiary/aromatic N) is 1. The van der Waals surface area contributed by atoms with Gasteiger partial charge in [0.15, 0.2) is 0 Å². The second-order valence-electron chi connectivity index (χ2n) is 5.04. The van der Waals surface area contributed by atoms with Crippen LogP contribution in [-0.4, -0.2) is 41.7 Å². The van der Waals surface area contributed by atoms with E-state index in [-0.39, 0.29) is 12.0 Å². The number of likely N-dealkylation sites (tertiary alicyclic amines) is 1. The highest BCUT2D eigenvalue weighted by molar-refractivity contribution is 6.33. The van der Waals surface area contributed by atoms with Gasteiger partial charge in [-0.05, 0) is 37.5 Å². The van der Waals surface area contributed by atoms with Gasteiger partial charge in [-0.1, -0.05) is 17.7 Å². The highest BCUT2D eigenvalue weighted by atomic mass is 35.5. The lowest BCUT2D eigenvalue weighted by Crippen LogP contribution is -2.40. The summed E-state index contributed by atoms with van der Waals surface area (Å²) < 4.78 is 0. The molecule has 0 unspecified atom stereocenters. The molecule has 1 aliphatic heterocycles. The number of aryl methyl sites for hydroxylation is 1. The van der Waals surface area contributed by atoms with Crippen LogP contribution in [0.2, 0.25) is 5.02 Å². The first-order chi connectivity index (χ1) is 9.04. The lowest BCUT2D eigenvalue weighted by molar-refractivity contribution is -0.117. The number of aliphatic hydroxyl groups is 1. The number of carbonyl (C=O) groups excluding carboxylic acids is 1. The van der Waals surface area contributed by atoms with Crippen LogP contribution in [0.15, 0.2) is 18.2 Å². The van der Waals surface area contributed by atoms with Crippen molar-refractivity contribution in [3.05, 3.63) is 28.8 Å². The molecule has 0 aliphatic carbocycles. The van der Waals surface area contributed by atoms with Gasteiger partial charge in [0.2, 0.25) is 5.91 Å². The van der Waals surface area contributed by atoms with Crippen molar-refractivity contribution in [1.29, 1.82) is 0 Å². The molecular formula is C14H19ClN2O2. The summed E-state index contributed by atoms with van der Waals surface area (Å²) in [5.74, 6) is -0.0675. The largest absolute Gasteiger partial charge is 0.393 e. The van der Waals surface area contributed by atoms with Crippen LogP contribution in [0, 0.1) is 6.92 Å². The first-order valence-electron chi connectivity index (χ1n) is 6.51. The van der Waals surface area contributed by atoms with E-state index in [9.17, 15) is 9.90 Å². The number of rotatable bonds is 3. The van der Waals surface area contributed by atoms with Gasteiger partial charge in [0.25, 0.3) is 0 Å². The third-order valence-corrected chi connectivity index (χ3v) is 3.64. The molecule has 0 radical (unpaired) electrons. The number of carbonyl (C=O) groups is 1. The number of nitrogens with one attached hydrogen (secondary N) is 1. The predicted octanol–water partition coefficient (Wildman–Crippen LogP) is 2.04. The molecule has 2 rings (SSSR count). The second kappa shape index (κ2) is 6.37. The number of halogens is 1. The smallest absolute Gasteiger partial charge is 0.238 e. The van der Waals surface area contributed by atoms with E-state index in [0.717, 1.165) is 31.5 Å². The summed E-state index contributed by atoms with van der Waals surface area (Å²) >= 11 is 6.07. The minimum atomic E-state index is -0.217. The Labute approximate surface area is 118 Å². The Kier molecular flexibility index (Phi) is 4.80. The van der Waals surface area contributed by atoms with Crippen molar-refractivity contribution in [2.24, 2.45) is 0 Å². The number of piperidine rings is 1. The van der Waals surface area contributed by atoms with E-state index in [0.29, 0.717) is 17.3 Å². The van der Waals surface area contributed by atoms with Gasteiger partial charge in [0.05, 0.1) is 23.4 Å². The topological polar surface area (TPSA) is 52.6 Å². The van der Waals surface area contributed by atoms with Crippen molar-refractivity contribution < 1.29 is 9.90 Å². The SMILES string of the molecule is Cc1ccc(NC(=O)CN2CCC(O)CC2)c(Cl)c1. The molecule has 1 saturated heterocycles. The summed E-state index contributed by atoms with van der Waals surface area (Å²) in [7, 11) is 0. The highest BCUT2D eigenvalue weighted by Gasteiger charge is 2.19. The van der Waals surface area contributed by atoms with E-state index in [1.165, 1.54) is 0 Å². The minimum absolute atomic E-state index is 0.0675. The van der Waals surface area contributed by atoms with E-state index < -0.39 is 0 Å². The molecule has 2 N–H and O–H groups in total. The van der Waals surface area contributed by atoms with E-state index in [4.69, 9.17) is 11.6 Å². The molecule has 1 aromatic rings. The lowest BCUT2D eigenvalue weighted by atomic mass is 10.1. The Hall–Kier alpha value is -1.10. The molecule has 19 heavy (non-hydrogen) atoms. The van der Waals surface area contributed by atoms with Gasteiger partial charge in [-0.15, -0.1) is 0 Å². The molecular weight excluding hydrogens is 264 g/mol.